The molecule has 1 heterocycles. The predicted octanol–water partition coefficient (Wildman–Crippen LogP) is 1.54. The second-order valence-electron chi connectivity index (χ2n) is 5.68. The molecule has 0 saturated heterocycles. The molecule has 0 aliphatic carbocycles. The number of nitrogens with one attached hydrogen (secondary N) is 2. The Balaban J connectivity index is 2.39. The number of nitrogens with zero attached hydrogens (tertiary/aromatic N) is 2. The largest absolute Gasteiger partial charge is 0.356 e. The van der Waals surface area contributed by atoms with Crippen LogP contribution in [0.2, 0.25) is 0 Å². The van der Waals surface area contributed by atoms with E-state index in [-0.39, 0.29) is 11.8 Å². The number of thiazole rings is 1. The van der Waals surface area contributed by atoms with Gasteiger partial charge in [-0.2, -0.15) is 0 Å². The summed E-state index contributed by atoms with van der Waals surface area (Å²) in [5, 5.41) is 7.59. The summed E-state index contributed by atoms with van der Waals surface area (Å²) in [5.74, 6) is 0.867. The Hall–Kier alpha value is -1.15. The standard InChI is InChI=1S/C15H28N4O2S2/c1-6-13-12(3)22-14(19-13)7-9-17-15(16-4)18-11(2)8-10-23(5,20)21/h11H,6-10H2,1-5H3,(H2,16,17,18). The Morgan fingerprint density at radius 3 is 2.65 bits per heavy atom. The molecule has 6 nitrogen and oxygen atoms in total. The van der Waals surface area contributed by atoms with Crippen LogP contribution in [0, 0.1) is 6.92 Å². The van der Waals surface area contributed by atoms with E-state index in [0.29, 0.717) is 12.4 Å². The summed E-state index contributed by atoms with van der Waals surface area (Å²) in [7, 11) is -1.22. The highest BCUT2D eigenvalue weighted by atomic mass is 32.2. The monoisotopic (exact) mass is 360 g/mol. The van der Waals surface area contributed by atoms with Crippen molar-refractivity contribution in [2.45, 2.75) is 46.1 Å². The van der Waals surface area contributed by atoms with E-state index >= 15 is 0 Å². The molecule has 1 rings (SSSR count). The Morgan fingerprint density at radius 1 is 1.43 bits per heavy atom. The van der Waals surface area contributed by atoms with Gasteiger partial charge in [0.1, 0.15) is 9.84 Å². The average molecular weight is 361 g/mol. The first kappa shape index (κ1) is 19.9. The number of aryl methyl sites for hydroxylation is 2. The van der Waals surface area contributed by atoms with Crippen LogP contribution in [0.15, 0.2) is 4.99 Å². The lowest BCUT2D eigenvalue weighted by Gasteiger charge is -2.17. The van der Waals surface area contributed by atoms with Crippen molar-refractivity contribution in [1.29, 1.82) is 0 Å². The van der Waals surface area contributed by atoms with Crippen molar-refractivity contribution >= 4 is 27.1 Å². The van der Waals surface area contributed by atoms with Gasteiger partial charge in [0.2, 0.25) is 0 Å². The highest BCUT2D eigenvalue weighted by molar-refractivity contribution is 7.90. The lowest BCUT2D eigenvalue weighted by atomic mass is 10.3. The van der Waals surface area contributed by atoms with E-state index in [1.165, 1.54) is 16.8 Å². The zero-order chi connectivity index (χ0) is 17.5. The van der Waals surface area contributed by atoms with Crippen molar-refractivity contribution in [3.63, 3.8) is 0 Å². The first-order chi connectivity index (χ1) is 10.7. The first-order valence-corrected chi connectivity index (χ1v) is 10.7. The lowest BCUT2D eigenvalue weighted by molar-refractivity contribution is 0.581. The molecule has 0 spiro atoms. The molecule has 0 saturated carbocycles. The molecule has 0 fully saturated rings. The minimum atomic E-state index is -2.93. The molecule has 0 aliphatic heterocycles. The molecular weight excluding hydrogens is 332 g/mol. The molecular formula is C15H28N4O2S2. The third kappa shape index (κ3) is 7.78. The number of sulfone groups is 1. The van der Waals surface area contributed by atoms with Gasteiger partial charge in [-0.15, -0.1) is 11.3 Å². The van der Waals surface area contributed by atoms with Crippen molar-refractivity contribution < 1.29 is 8.42 Å². The number of guanidine groups is 1. The van der Waals surface area contributed by atoms with Crippen molar-refractivity contribution in [3.8, 4) is 0 Å². The van der Waals surface area contributed by atoms with Crippen LogP contribution >= 0.6 is 11.3 Å². The molecule has 23 heavy (non-hydrogen) atoms. The van der Waals surface area contributed by atoms with Crippen LogP contribution in [-0.4, -0.2) is 51.0 Å². The van der Waals surface area contributed by atoms with Crippen LogP contribution < -0.4 is 10.6 Å². The molecule has 1 aromatic heterocycles. The van der Waals surface area contributed by atoms with Crippen LogP contribution in [0.1, 0.15) is 35.8 Å². The van der Waals surface area contributed by atoms with Gasteiger partial charge in [-0.25, -0.2) is 13.4 Å². The summed E-state index contributed by atoms with van der Waals surface area (Å²) >= 11 is 1.74. The summed E-state index contributed by atoms with van der Waals surface area (Å²) in [6.45, 7) is 6.93. The van der Waals surface area contributed by atoms with E-state index in [0.717, 1.165) is 24.4 Å². The van der Waals surface area contributed by atoms with Gasteiger partial charge in [-0.05, 0) is 26.7 Å². The second kappa shape index (κ2) is 9.22. The fraction of sp³-hybridized carbons (Fsp3) is 0.733. The maximum absolute atomic E-state index is 11.2. The molecule has 0 radical (unpaired) electrons. The molecule has 0 amide bonds. The van der Waals surface area contributed by atoms with Crippen LogP contribution in [-0.2, 0) is 22.7 Å². The second-order valence-corrected chi connectivity index (χ2v) is 9.22. The number of hydrogen-bond acceptors (Lipinski definition) is 5. The van der Waals surface area contributed by atoms with Crippen molar-refractivity contribution in [2.75, 3.05) is 25.6 Å². The first-order valence-electron chi connectivity index (χ1n) is 7.85. The smallest absolute Gasteiger partial charge is 0.191 e. The van der Waals surface area contributed by atoms with Gasteiger partial charge in [0.25, 0.3) is 0 Å². The summed E-state index contributed by atoms with van der Waals surface area (Å²) in [4.78, 5) is 10.1. The minimum Gasteiger partial charge on any atom is -0.356 e. The van der Waals surface area contributed by atoms with Crippen molar-refractivity contribution in [2.24, 2.45) is 4.99 Å². The minimum absolute atomic E-state index is 0.0460. The summed E-state index contributed by atoms with van der Waals surface area (Å²) < 4.78 is 22.4. The van der Waals surface area contributed by atoms with E-state index < -0.39 is 9.84 Å². The number of aromatic nitrogens is 1. The summed E-state index contributed by atoms with van der Waals surface area (Å²) in [6.07, 6.45) is 3.64. The molecule has 1 aromatic rings. The zero-order valence-corrected chi connectivity index (χ0v) is 16.3. The summed E-state index contributed by atoms with van der Waals surface area (Å²) in [6, 6.07) is 0.0460. The van der Waals surface area contributed by atoms with Gasteiger partial charge < -0.3 is 10.6 Å². The van der Waals surface area contributed by atoms with Gasteiger partial charge in [0.15, 0.2) is 5.96 Å². The van der Waals surface area contributed by atoms with Crippen molar-refractivity contribution in [1.82, 2.24) is 15.6 Å². The molecule has 132 valence electrons. The van der Waals surface area contributed by atoms with E-state index in [2.05, 4.69) is 34.5 Å². The third-order valence-corrected chi connectivity index (χ3v) is 5.48. The fourth-order valence-corrected chi connectivity index (χ4v) is 3.90. The maximum Gasteiger partial charge on any atom is 0.191 e. The molecule has 0 aliphatic rings. The molecule has 0 aromatic carbocycles. The number of aliphatic imine (C=N–C) groups is 1. The average Bonchev–Trinajstić information content (AvgIpc) is 2.83. The summed E-state index contributed by atoms with van der Waals surface area (Å²) in [5.41, 5.74) is 1.18. The van der Waals surface area contributed by atoms with Gasteiger partial charge in [-0.1, -0.05) is 6.92 Å². The van der Waals surface area contributed by atoms with Crippen LogP contribution in [0.3, 0.4) is 0 Å². The lowest BCUT2D eigenvalue weighted by Crippen LogP contribution is -2.43. The van der Waals surface area contributed by atoms with Crippen LogP contribution in [0.25, 0.3) is 0 Å². The SMILES string of the molecule is CCc1nc(CCNC(=NC)NC(C)CCS(C)(=O)=O)sc1C. The van der Waals surface area contributed by atoms with Crippen LogP contribution in [0.4, 0.5) is 0 Å². The van der Waals surface area contributed by atoms with Crippen LogP contribution in [0.5, 0.6) is 0 Å². The predicted molar refractivity (Wildman–Crippen MR) is 98.2 cm³/mol. The number of hydrogen-bond donors (Lipinski definition) is 2. The normalized spacial score (nSPS) is 13.9. The van der Waals surface area contributed by atoms with E-state index in [9.17, 15) is 8.42 Å². The Labute approximate surface area is 143 Å². The fourth-order valence-electron chi connectivity index (χ4n) is 2.10. The van der Waals surface area contributed by atoms with E-state index in [4.69, 9.17) is 0 Å². The Bertz CT molecular complexity index is 623. The Morgan fingerprint density at radius 2 is 2.13 bits per heavy atom. The van der Waals surface area contributed by atoms with E-state index in [1.54, 1.807) is 18.4 Å². The molecule has 8 heteroatoms. The van der Waals surface area contributed by atoms with Gasteiger partial charge in [0.05, 0.1) is 16.5 Å². The molecule has 2 N–H and O–H groups in total. The van der Waals surface area contributed by atoms with Crippen molar-refractivity contribution in [3.05, 3.63) is 15.6 Å². The Kier molecular flexibility index (Phi) is 7.98. The topological polar surface area (TPSA) is 83.4 Å². The van der Waals surface area contributed by atoms with E-state index in [1.807, 2.05) is 6.92 Å². The van der Waals surface area contributed by atoms with Gasteiger partial charge >= 0.3 is 0 Å². The molecule has 0 bridgehead atoms. The third-order valence-electron chi connectivity index (χ3n) is 3.43. The van der Waals surface area contributed by atoms with Gasteiger partial charge in [-0.3, -0.25) is 4.99 Å². The number of rotatable bonds is 8. The highest BCUT2D eigenvalue weighted by Gasteiger charge is 2.10. The molecule has 1 unspecified atom stereocenters. The highest BCUT2D eigenvalue weighted by Crippen LogP contribution is 2.17. The maximum atomic E-state index is 11.2. The zero-order valence-electron chi connectivity index (χ0n) is 14.6. The molecule has 1 atom stereocenters. The quantitative estimate of drug-likeness (QED) is 0.543. The van der Waals surface area contributed by atoms with Gasteiger partial charge in [0, 0.05) is 37.2 Å².